The molecule has 1 atom stereocenters. The van der Waals surface area contributed by atoms with E-state index in [1.54, 1.807) is 0 Å². The van der Waals surface area contributed by atoms with Crippen LogP contribution in [0.4, 0.5) is 11.8 Å². The fourth-order valence-electron chi connectivity index (χ4n) is 2.74. The van der Waals surface area contributed by atoms with Gasteiger partial charge in [-0.05, 0) is 58.2 Å². The van der Waals surface area contributed by atoms with Gasteiger partial charge in [0.1, 0.15) is 5.82 Å². The molecule has 21 heavy (non-hydrogen) atoms. The first-order chi connectivity index (χ1) is 10.1. The molecule has 2 fully saturated rings. The van der Waals surface area contributed by atoms with Crippen LogP contribution in [0.3, 0.4) is 0 Å². The topological polar surface area (TPSA) is 53.1 Å². The van der Waals surface area contributed by atoms with E-state index >= 15 is 0 Å². The number of hydrogen-bond donors (Lipinski definition) is 2. The Balaban J connectivity index is 1.73. The Morgan fingerprint density at radius 1 is 1.29 bits per heavy atom. The largest absolute Gasteiger partial charge is 0.360 e. The van der Waals surface area contributed by atoms with Crippen molar-refractivity contribution in [2.24, 2.45) is 0 Å². The molecule has 3 rings (SSSR count). The third-order valence-electron chi connectivity index (χ3n) is 4.08. The Morgan fingerprint density at radius 3 is 2.81 bits per heavy atom. The SMILES string of the molecule is Cc1cc(N2CCCCC2C)nc(NC(=S)NC2CC2)n1. The van der Waals surface area contributed by atoms with Crippen LogP contribution in [0.1, 0.15) is 44.7 Å². The van der Waals surface area contributed by atoms with Gasteiger partial charge in [-0.3, -0.25) is 0 Å². The van der Waals surface area contributed by atoms with Gasteiger partial charge in [-0.2, -0.15) is 4.98 Å². The number of anilines is 2. The van der Waals surface area contributed by atoms with Crippen molar-refractivity contribution in [3.05, 3.63) is 11.8 Å². The molecule has 0 spiro atoms. The van der Waals surface area contributed by atoms with Gasteiger partial charge in [0.25, 0.3) is 0 Å². The molecule has 1 aromatic rings. The second-order valence-corrected chi connectivity index (χ2v) is 6.51. The number of nitrogens with zero attached hydrogens (tertiary/aromatic N) is 3. The lowest BCUT2D eigenvalue weighted by Crippen LogP contribution is -2.38. The maximum atomic E-state index is 5.30. The second kappa shape index (κ2) is 6.13. The minimum atomic E-state index is 0.538. The van der Waals surface area contributed by atoms with Gasteiger partial charge in [-0.1, -0.05) is 0 Å². The number of aromatic nitrogens is 2. The highest BCUT2D eigenvalue weighted by molar-refractivity contribution is 7.80. The van der Waals surface area contributed by atoms with Gasteiger partial charge >= 0.3 is 0 Å². The van der Waals surface area contributed by atoms with E-state index in [1.807, 2.05) is 6.92 Å². The Kier molecular flexibility index (Phi) is 4.24. The quantitative estimate of drug-likeness (QED) is 0.837. The zero-order valence-electron chi connectivity index (χ0n) is 12.7. The summed E-state index contributed by atoms with van der Waals surface area (Å²) in [5.41, 5.74) is 0.967. The van der Waals surface area contributed by atoms with Gasteiger partial charge < -0.3 is 15.5 Å². The fourth-order valence-corrected chi connectivity index (χ4v) is 3.00. The zero-order valence-corrected chi connectivity index (χ0v) is 13.5. The standard InChI is InChI=1S/C15H23N5S/c1-10-9-13(20-8-4-3-5-11(20)2)18-14(16-10)19-15(21)17-12-6-7-12/h9,11-12H,3-8H2,1-2H3,(H2,16,17,18,19,21). The molecule has 1 aliphatic carbocycles. The highest BCUT2D eigenvalue weighted by atomic mass is 32.1. The number of aryl methyl sites for hydroxylation is 1. The first-order valence-corrected chi connectivity index (χ1v) is 8.22. The first-order valence-electron chi connectivity index (χ1n) is 7.81. The van der Waals surface area contributed by atoms with Crippen molar-refractivity contribution >= 4 is 29.1 Å². The summed E-state index contributed by atoms with van der Waals surface area (Å²) < 4.78 is 0. The molecular formula is C15H23N5S. The van der Waals surface area contributed by atoms with Crippen molar-refractivity contribution in [3.63, 3.8) is 0 Å². The predicted molar refractivity (Wildman–Crippen MR) is 89.8 cm³/mol. The van der Waals surface area contributed by atoms with E-state index in [4.69, 9.17) is 12.2 Å². The van der Waals surface area contributed by atoms with Crippen LogP contribution >= 0.6 is 12.2 Å². The van der Waals surface area contributed by atoms with Crippen LogP contribution in [0.25, 0.3) is 0 Å². The highest BCUT2D eigenvalue weighted by Gasteiger charge is 2.23. The zero-order chi connectivity index (χ0) is 14.8. The van der Waals surface area contributed by atoms with Gasteiger partial charge in [0.15, 0.2) is 5.11 Å². The summed E-state index contributed by atoms with van der Waals surface area (Å²) in [5.74, 6) is 1.60. The number of hydrogen-bond acceptors (Lipinski definition) is 4. The van der Waals surface area contributed by atoms with Crippen molar-refractivity contribution < 1.29 is 0 Å². The van der Waals surface area contributed by atoms with E-state index in [0.717, 1.165) is 18.1 Å². The van der Waals surface area contributed by atoms with Crippen molar-refractivity contribution in [2.75, 3.05) is 16.8 Å². The maximum absolute atomic E-state index is 5.30. The minimum absolute atomic E-state index is 0.538. The molecule has 2 heterocycles. The van der Waals surface area contributed by atoms with Crippen molar-refractivity contribution in [3.8, 4) is 0 Å². The van der Waals surface area contributed by atoms with Crippen LogP contribution in [0, 0.1) is 6.92 Å². The molecule has 0 bridgehead atoms. The van der Waals surface area contributed by atoms with Gasteiger partial charge in [0.05, 0.1) is 0 Å². The molecule has 0 aromatic carbocycles. The van der Waals surface area contributed by atoms with Gasteiger partial charge in [-0.25, -0.2) is 4.98 Å². The Bertz CT molecular complexity index is 529. The molecule has 6 heteroatoms. The molecule has 1 aliphatic heterocycles. The average Bonchev–Trinajstić information content (AvgIpc) is 3.22. The molecule has 1 aromatic heterocycles. The summed E-state index contributed by atoms with van der Waals surface area (Å²) in [6.45, 7) is 5.34. The number of thiocarbonyl (C=S) groups is 1. The summed E-state index contributed by atoms with van der Waals surface area (Å²) in [4.78, 5) is 11.5. The summed E-state index contributed by atoms with van der Waals surface area (Å²) in [6.07, 6.45) is 6.17. The molecule has 0 radical (unpaired) electrons. The smallest absolute Gasteiger partial charge is 0.231 e. The van der Waals surface area contributed by atoms with E-state index in [1.165, 1.54) is 32.1 Å². The monoisotopic (exact) mass is 305 g/mol. The van der Waals surface area contributed by atoms with Crippen LogP contribution < -0.4 is 15.5 Å². The lowest BCUT2D eigenvalue weighted by molar-refractivity contribution is 0.481. The third kappa shape index (κ3) is 3.81. The van der Waals surface area contributed by atoms with E-state index in [0.29, 0.717) is 23.1 Å². The van der Waals surface area contributed by atoms with Crippen molar-refractivity contribution in [2.45, 2.75) is 58.0 Å². The molecular weight excluding hydrogens is 282 g/mol. The van der Waals surface area contributed by atoms with E-state index in [2.05, 4.69) is 38.5 Å². The average molecular weight is 305 g/mol. The van der Waals surface area contributed by atoms with Crippen LogP contribution in [0.5, 0.6) is 0 Å². The van der Waals surface area contributed by atoms with Crippen LogP contribution in [0.15, 0.2) is 6.07 Å². The molecule has 1 saturated heterocycles. The molecule has 0 amide bonds. The number of rotatable bonds is 3. The van der Waals surface area contributed by atoms with Crippen molar-refractivity contribution in [1.29, 1.82) is 0 Å². The Morgan fingerprint density at radius 2 is 2.10 bits per heavy atom. The molecule has 5 nitrogen and oxygen atoms in total. The summed E-state index contributed by atoms with van der Waals surface area (Å²) in [7, 11) is 0. The van der Waals surface area contributed by atoms with E-state index in [9.17, 15) is 0 Å². The van der Waals surface area contributed by atoms with E-state index < -0.39 is 0 Å². The number of piperidine rings is 1. The lowest BCUT2D eigenvalue weighted by atomic mass is 10.0. The highest BCUT2D eigenvalue weighted by Crippen LogP contribution is 2.24. The fraction of sp³-hybridized carbons (Fsp3) is 0.667. The van der Waals surface area contributed by atoms with E-state index in [-0.39, 0.29) is 0 Å². The van der Waals surface area contributed by atoms with Crippen LogP contribution in [0.2, 0.25) is 0 Å². The summed E-state index contributed by atoms with van der Waals surface area (Å²) in [5, 5.41) is 7.00. The Labute approximate surface area is 131 Å². The maximum Gasteiger partial charge on any atom is 0.231 e. The predicted octanol–water partition coefficient (Wildman–Crippen LogP) is 2.61. The normalized spacial score (nSPS) is 22.0. The Hall–Kier alpha value is -1.43. The molecule has 114 valence electrons. The van der Waals surface area contributed by atoms with Crippen LogP contribution in [-0.4, -0.2) is 33.7 Å². The number of nitrogens with one attached hydrogen (secondary N) is 2. The minimum Gasteiger partial charge on any atom is -0.360 e. The lowest BCUT2D eigenvalue weighted by Gasteiger charge is -2.34. The summed E-state index contributed by atoms with van der Waals surface area (Å²) >= 11 is 5.30. The second-order valence-electron chi connectivity index (χ2n) is 6.10. The molecule has 2 N–H and O–H groups in total. The first kappa shape index (κ1) is 14.5. The van der Waals surface area contributed by atoms with Gasteiger partial charge in [-0.15, -0.1) is 0 Å². The molecule has 2 aliphatic rings. The molecule has 1 unspecified atom stereocenters. The van der Waals surface area contributed by atoms with Crippen LogP contribution in [-0.2, 0) is 0 Å². The van der Waals surface area contributed by atoms with Gasteiger partial charge in [0.2, 0.25) is 5.95 Å². The summed E-state index contributed by atoms with van der Waals surface area (Å²) in [6, 6.07) is 3.14. The molecule has 1 saturated carbocycles. The van der Waals surface area contributed by atoms with Crippen molar-refractivity contribution in [1.82, 2.24) is 15.3 Å². The third-order valence-corrected chi connectivity index (χ3v) is 4.30. The van der Waals surface area contributed by atoms with Gasteiger partial charge in [0, 0.05) is 30.4 Å².